The van der Waals surface area contributed by atoms with Gasteiger partial charge in [-0.05, 0) is 38.1 Å². The van der Waals surface area contributed by atoms with E-state index in [1.54, 1.807) is 18.2 Å². The van der Waals surface area contributed by atoms with E-state index in [0.717, 1.165) is 0 Å². The van der Waals surface area contributed by atoms with Gasteiger partial charge in [0.15, 0.2) is 0 Å². The van der Waals surface area contributed by atoms with Crippen LogP contribution in [0, 0.1) is 0 Å². The molecule has 2 amide bonds. The number of thioether (sulfide) groups is 1. The van der Waals surface area contributed by atoms with Crippen LogP contribution in [-0.4, -0.2) is 77.3 Å². The predicted molar refractivity (Wildman–Crippen MR) is 105 cm³/mol. The minimum atomic E-state index is -0.994. The first-order chi connectivity index (χ1) is 13.9. The zero-order chi connectivity index (χ0) is 20.8. The lowest BCUT2D eigenvalue weighted by atomic mass is 9.86. The number of ether oxygens (including phenoxy) is 2. The lowest BCUT2D eigenvalue weighted by Gasteiger charge is -2.44. The molecule has 0 aliphatic carbocycles. The molecule has 0 aromatic heterocycles. The third-order valence-corrected chi connectivity index (χ3v) is 7.68. The third kappa shape index (κ3) is 3.01. The first-order valence-corrected chi connectivity index (χ1v) is 10.3. The Kier molecular flexibility index (Phi) is 5.07. The molecule has 156 valence electrons. The minimum absolute atomic E-state index is 0.207. The number of hydrogen-bond acceptors (Lipinski definition) is 7. The Balaban J connectivity index is 1.58. The quantitative estimate of drug-likeness (QED) is 0.581. The molecular formula is C19H23N3O6S. The van der Waals surface area contributed by atoms with Crippen LogP contribution in [0.4, 0.5) is 0 Å². The van der Waals surface area contributed by atoms with Crippen molar-refractivity contribution in [1.82, 2.24) is 15.5 Å². The smallest absolute Gasteiger partial charge is 0.327 e. The van der Waals surface area contributed by atoms with E-state index in [9.17, 15) is 19.5 Å². The summed E-state index contributed by atoms with van der Waals surface area (Å²) in [6.45, 7) is 1.42. The summed E-state index contributed by atoms with van der Waals surface area (Å²) in [4.78, 5) is 39.2. The van der Waals surface area contributed by atoms with Gasteiger partial charge in [-0.15, -0.1) is 11.8 Å². The third-order valence-electron chi connectivity index (χ3n) is 5.84. The number of rotatable bonds is 5. The molecule has 4 rings (SSSR count). The fourth-order valence-electron chi connectivity index (χ4n) is 4.45. The molecular weight excluding hydrogens is 398 g/mol. The number of hydrogen-bond donors (Lipinski definition) is 3. The molecule has 9 nitrogen and oxygen atoms in total. The molecule has 3 aliphatic heterocycles. The van der Waals surface area contributed by atoms with E-state index in [1.807, 2.05) is 0 Å². The summed E-state index contributed by atoms with van der Waals surface area (Å²) in [5.41, 5.74) is 0.207. The number of benzene rings is 1. The van der Waals surface area contributed by atoms with E-state index in [4.69, 9.17) is 9.47 Å². The van der Waals surface area contributed by atoms with Crippen LogP contribution < -0.4 is 20.1 Å². The van der Waals surface area contributed by atoms with E-state index in [2.05, 4.69) is 10.6 Å². The van der Waals surface area contributed by atoms with E-state index in [-0.39, 0.29) is 11.5 Å². The first kappa shape index (κ1) is 19.8. The lowest BCUT2D eigenvalue weighted by molar-refractivity contribution is -0.160. The highest BCUT2D eigenvalue weighted by Crippen LogP contribution is 2.55. The molecule has 0 saturated carbocycles. The van der Waals surface area contributed by atoms with Crippen molar-refractivity contribution in [3.63, 3.8) is 0 Å². The van der Waals surface area contributed by atoms with Gasteiger partial charge in [-0.25, -0.2) is 4.79 Å². The standard InChI is InChI=1S/C19H23N3O6S/c1-27-10-4-3-5-11(28-2)12(10)15(23)21-13-16(24)22-14(18(25)26)19(29-17(13)22)6-8-20-9-7-19/h3-5,13-14,17,20H,6-9H2,1-2H3,(H,21,23)(H,25,26). The van der Waals surface area contributed by atoms with E-state index in [1.165, 1.54) is 30.9 Å². The van der Waals surface area contributed by atoms with Crippen molar-refractivity contribution in [2.75, 3.05) is 27.3 Å². The lowest BCUT2D eigenvalue weighted by Crippen LogP contribution is -2.71. The van der Waals surface area contributed by atoms with Crippen LogP contribution in [0.5, 0.6) is 11.5 Å². The molecule has 0 radical (unpaired) electrons. The average molecular weight is 421 g/mol. The SMILES string of the molecule is COc1cccc(OC)c1C(=O)NC1C(=O)N2C1SC1(CCNCC1)C2C(=O)O. The maximum Gasteiger partial charge on any atom is 0.327 e. The molecule has 3 fully saturated rings. The van der Waals surface area contributed by atoms with Gasteiger partial charge < -0.3 is 30.1 Å². The van der Waals surface area contributed by atoms with Crippen molar-refractivity contribution in [2.45, 2.75) is 35.0 Å². The number of fused-ring (bicyclic) bond motifs is 1. The van der Waals surface area contributed by atoms with Crippen LogP contribution >= 0.6 is 11.8 Å². The predicted octanol–water partition coefficient (Wildman–Crippen LogP) is 0.293. The van der Waals surface area contributed by atoms with Crippen molar-refractivity contribution in [2.24, 2.45) is 0 Å². The second kappa shape index (κ2) is 7.42. The number of methoxy groups -OCH3 is 2. The second-order valence-electron chi connectivity index (χ2n) is 7.30. The van der Waals surface area contributed by atoms with Crippen LogP contribution in [0.25, 0.3) is 0 Å². The fourth-order valence-corrected chi connectivity index (χ4v) is 6.37. The monoisotopic (exact) mass is 421 g/mol. The highest BCUT2D eigenvalue weighted by atomic mass is 32.2. The van der Waals surface area contributed by atoms with Gasteiger partial charge in [0, 0.05) is 0 Å². The van der Waals surface area contributed by atoms with Gasteiger partial charge in [0.05, 0.1) is 19.0 Å². The van der Waals surface area contributed by atoms with Gasteiger partial charge in [0.1, 0.15) is 34.5 Å². The van der Waals surface area contributed by atoms with Crippen molar-refractivity contribution < 1.29 is 29.0 Å². The number of aliphatic carboxylic acids is 1. The van der Waals surface area contributed by atoms with Crippen LogP contribution in [0.15, 0.2) is 18.2 Å². The van der Waals surface area contributed by atoms with E-state index in [0.29, 0.717) is 37.4 Å². The Morgan fingerprint density at radius 3 is 2.41 bits per heavy atom. The van der Waals surface area contributed by atoms with Gasteiger partial charge in [0.2, 0.25) is 5.91 Å². The van der Waals surface area contributed by atoms with Crippen LogP contribution in [0.1, 0.15) is 23.2 Å². The normalized spacial score (nSPS) is 27.2. The van der Waals surface area contributed by atoms with Crippen molar-refractivity contribution in [1.29, 1.82) is 0 Å². The molecule has 29 heavy (non-hydrogen) atoms. The molecule has 10 heteroatoms. The van der Waals surface area contributed by atoms with E-state index >= 15 is 0 Å². The number of amides is 2. The maximum atomic E-state index is 12.9. The molecule has 3 saturated heterocycles. The highest BCUT2D eigenvalue weighted by Gasteiger charge is 2.67. The Morgan fingerprint density at radius 1 is 1.24 bits per heavy atom. The number of carboxylic acid groups (broad SMARTS) is 1. The van der Waals surface area contributed by atoms with Gasteiger partial charge in [-0.1, -0.05) is 6.07 Å². The summed E-state index contributed by atoms with van der Waals surface area (Å²) in [5, 5.41) is 15.4. The second-order valence-corrected chi connectivity index (χ2v) is 8.83. The Hall–Kier alpha value is -2.46. The summed E-state index contributed by atoms with van der Waals surface area (Å²) in [5.74, 6) is -1.18. The minimum Gasteiger partial charge on any atom is -0.496 e. The maximum absolute atomic E-state index is 12.9. The fraction of sp³-hybridized carbons (Fsp3) is 0.526. The van der Waals surface area contributed by atoms with Crippen molar-refractivity contribution in [3.8, 4) is 11.5 Å². The number of nitrogens with zero attached hydrogens (tertiary/aromatic N) is 1. The number of piperidine rings is 1. The van der Waals surface area contributed by atoms with Crippen molar-refractivity contribution in [3.05, 3.63) is 23.8 Å². The van der Waals surface area contributed by atoms with Crippen LogP contribution in [0.3, 0.4) is 0 Å². The van der Waals surface area contributed by atoms with Crippen molar-refractivity contribution >= 4 is 29.5 Å². The number of carbonyl (C=O) groups excluding carboxylic acids is 2. The molecule has 3 unspecified atom stereocenters. The van der Waals surface area contributed by atoms with Gasteiger partial charge in [-0.3, -0.25) is 9.59 Å². The molecule has 0 bridgehead atoms. The average Bonchev–Trinajstić information content (AvgIpc) is 3.02. The molecule has 1 spiro atoms. The summed E-state index contributed by atoms with van der Waals surface area (Å²) in [6, 6.07) is 3.33. The number of β-lactam (4-membered cyclic amide) rings is 1. The Bertz CT molecular complexity index is 834. The summed E-state index contributed by atoms with van der Waals surface area (Å²) in [6.07, 6.45) is 1.33. The topological polar surface area (TPSA) is 117 Å². The van der Waals surface area contributed by atoms with Gasteiger partial charge >= 0.3 is 5.97 Å². The zero-order valence-corrected chi connectivity index (χ0v) is 17.0. The zero-order valence-electron chi connectivity index (χ0n) is 16.1. The van der Waals surface area contributed by atoms with Gasteiger partial charge in [0.25, 0.3) is 5.91 Å². The largest absolute Gasteiger partial charge is 0.496 e. The molecule has 3 aliphatic rings. The molecule has 1 aromatic rings. The van der Waals surface area contributed by atoms with E-state index < -0.39 is 34.1 Å². The van der Waals surface area contributed by atoms with Gasteiger partial charge in [-0.2, -0.15) is 0 Å². The Morgan fingerprint density at radius 2 is 1.86 bits per heavy atom. The number of carboxylic acids is 1. The molecule has 1 aromatic carbocycles. The summed E-state index contributed by atoms with van der Waals surface area (Å²) < 4.78 is 10.0. The molecule has 3 heterocycles. The van der Waals surface area contributed by atoms with Crippen LogP contribution in [0.2, 0.25) is 0 Å². The Labute approximate surface area is 172 Å². The van der Waals surface area contributed by atoms with Crippen LogP contribution in [-0.2, 0) is 9.59 Å². The first-order valence-electron chi connectivity index (χ1n) is 9.39. The molecule has 3 atom stereocenters. The molecule has 3 N–H and O–H groups in total. The summed E-state index contributed by atoms with van der Waals surface area (Å²) >= 11 is 1.50. The number of nitrogens with one attached hydrogen (secondary N) is 2. The summed E-state index contributed by atoms with van der Waals surface area (Å²) in [7, 11) is 2.90. The highest BCUT2D eigenvalue weighted by molar-refractivity contribution is 8.01. The number of carbonyl (C=O) groups is 3.